The Labute approximate surface area is 114 Å². The molecule has 0 unspecified atom stereocenters. The van der Waals surface area contributed by atoms with Crippen LogP contribution >= 0.6 is 0 Å². The smallest absolute Gasteiger partial charge is 0.371 e. The van der Waals surface area contributed by atoms with E-state index in [1.54, 1.807) is 0 Å². The van der Waals surface area contributed by atoms with Gasteiger partial charge in [0.2, 0.25) is 0 Å². The lowest BCUT2D eigenvalue weighted by Crippen LogP contribution is -2.33. The van der Waals surface area contributed by atoms with Gasteiger partial charge in [-0.2, -0.15) is 13.2 Å². The number of carbonyl (C=O) groups excluding carboxylic acids is 1. The average Bonchev–Trinajstić information content (AvgIpc) is 2.38. The Hall–Kier alpha value is -1.57. The molecule has 1 aliphatic rings. The predicted octanol–water partition coefficient (Wildman–Crippen LogP) is 2.15. The van der Waals surface area contributed by atoms with E-state index in [2.05, 4.69) is 0 Å². The molecule has 2 rings (SSSR count). The minimum Gasteiger partial charge on any atom is -0.371 e. The van der Waals surface area contributed by atoms with Crippen molar-refractivity contribution in [2.24, 2.45) is 0 Å². The monoisotopic (exact) mass is 307 g/mol. The molecule has 8 heteroatoms. The predicted molar refractivity (Wildman–Crippen MR) is 66.1 cm³/mol. The van der Waals surface area contributed by atoms with E-state index in [0.717, 1.165) is 12.1 Å². The maximum absolute atomic E-state index is 12.4. The minimum atomic E-state index is -5.31. The van der Waals surface area contributed by atoms with E-state index in [-0.39, 0.29) is 5.78 Å². The van der Waals surface area contributed by atoms with E-state index in [4.69, 9.17) is 0 Å². The molecule has 20 heavy (non-hydrogen) atoms. The number of hydrogen-bond acceptors (Lipinski definition) is 4. The second kappa shape index (κ2) is 5.08. The number of piperidine rings is 1. The first-order valence-electron chi connectivity index (χ1n) is 5.90. The van der Waals surface area contributed by atoms with E-state index in [1.165, 1.54) is 12.1 Å². The van der Waals surface area contributed by atoms with Crippen LogP contribution < -0.4 is 4.90 Å². The molecule has 0 amide bonds. The Morgan fingerprint density at radius 2 is 1.50 bits per heavy atom. The van der Waals surface area contributed by atoms with Crippen LogP contribution in [0.25, 0.3) is 0 Å². The van der Waals surface area contributed by atoms with Gasteiger partial charge in [-0.3, -0.25) is 4.79 Å². The minimum absolute atomic E-state index is 0.150. The fraction of sp³-hybridized carbons (Fsp3) is 0.417. The SMILES string of the molecule is O=C1CCN(c2ccc(S(=O)(=O)C(F)(F)F)cc2)CC1. The molecule has 1 fully saturated rings. The van der Waals surface area contributed by atoms with Crippen LogP contribution in [-0.4, -0.2) is 32.8 Å². The highest BCUT2D eigenvalue weighted by molar-refractivity contribution is 7.92. The molecule has 0 spiro atoms. The number of ketones is 1. The number of halogens is 3. The van der Waals surface area contributed by atoms with Crippen LogP contribution in [-0.2, 0) is 14.6 Å². The Morgan fingerprint density at radius 3 is 1.95 bits per heavy atom. The third-order valence-corrected chi connectivity index (χ3v) is 4.64. The molecule has 0 saturated carbocycles. The first-order chi connectivity index (χ1) is 9.22. The molecule has 0 radical (unpaired) electrons. The maximum Gasteiger partial charge on any atom is 0.501 e. The summed E-state index contributed by atoms with van der Waals surface area (Å²) in [6, 6.07) is 4.53. The lowest BCUT2D eigenvalue weighted by atomic mass is 10.1. The zero-order chi connectivity index (χ0) is 15.0. The fourth-order valence-electron chi connectivity index (χ4n) is 1.98. The number of alkyl halides is 3. The molecular weight excluding hydrogens is 295 g/mol. The summed E-state index contributed by atoms with van der Waals surface area (Å²) in [7, 11) is -5.31. The normalized spacial score (nSPS) is 17.4. The van der Waals surface area contributed by atoms with Gasteiger partial charge in [-0.15, -0.1) is 0 Å². The average molecular weight is 307 g/mol. The standard InChI is InChI=1S/C12H12F3NO3S/c13-12(14,15)20(18,19)11-3-1-9(2-4-11)16-7-5-10(17)6-8-16/h1-4H,5-8H2. The quantitative estimate of drug-likeness (QED) is 0.840. The molecule has 1 aromatic rings. The first kappa shape index (κ1) is 14.8. The Morgan fingerprint density at radius 1 is 1.00 bits per heavy atom. The van der Waals surface area contributed by atoms with Crippen LogP contribution in [0.15, 0.2) is 29.2 Å². The number of hydrogen-bond donors (Lipinski definition) is 0. The van der Waals surface area contributed by atoms with Crippen LogP contribution in [0.5, 0.6) is 0 Å². The van der Waals surface area contributed by atoms with Gasteiger partial charge < -0.3 is 4.90 Å². The van der Waals surface area contributed by atoms with Crippen molar-refractivity contribution in [3.63, 3.8) is 0 Å². The molecule has 1 aromatic carbocycles. The van der Waals surface area contributed by atoms with Gasteiger partial charge in [-0.05, 0) is 24.3 Å². The summed E-state index contributed by atoms with van der Waals surface area (Å²) in [4.78, 5) is 12.2. The highest BCUT2D eigenvalue weighted by atomic mass is 32.2. The summed E-state index contributed by atoms with van der Waals surface area (Å²) in [6.45, 7) is 0.981. The Kier molecular flexibility index (Phi) is 3.77. The lowest BCUT2D eigenvalue weighted by Gasteiger charge is -2.28. The summed E-state index contributed by atoms with van der Waals surface area (Å²) in [5.41, 5.74) is -4.69. The van der Waals surface area contributed by atoms with Gasteiger partial charge >= 0.3 is 5.51 Å². The summed E-state index contributed by atoms with van der Waals surface area (Å²) in [6.07, 6.45) is 0.783. The highest BCUT2D eigenvalue weighted by Gasteiger charge is 2.46. The third-order valence-electron chi connectivity index (χ3n) is 3.14. The number of nitrogens with zero attached hydrogens (tertiary/aromatic N) is 1. The zero-order valence-electron chi connectivity index (χ0n) is 10.4. The Bertz CT molecular complexity index is 598. The lowest BCUT2D eigenvalue weighted by molar-refractivity contribution is -0.119. The van der Waals surface area contributed by atoms with Crippen molar-refractivity contribution in [1.29, 1.82) is 0 Å². The second-order valence-electron chi connectivity index (χ2n) is 4.47. The van der Waals surface area contributed by atoms with E-state index in [1.807, 2.05) is 4.90 Å². The van der Waals surface area contributed by atoms with Gasteiger partial charge in [0.25, 0.3) is 9.84 Å². The van der Waals surface area contributed by atoms with Crippen molar-refractivity contribution in [2.75, 3.05) is 18.0 Å². The zero-order valence-corrected chi connectivity index (χ0v) is 11.2. The Balaban J connectivity index is 2.21. The van der Waals surface area contributed by atoms with E-state index >= 15 is 0 Å². The molecular formula is C12H12F3NO3S. The number of Topliss-reactive ketones (excluding diaryl/α,β-unsaturated/α-hetero) is 1. The third kappa shape index (κ3) is 2.79. The van der Waals surface area contributed by atoms with Crippen LogP contribution in [0.4, 0.5) is 18.9 Å². The summed E-state index contributed by atoms with van der Waals surface area (Å²) >= 11 is 0. The highest BCUT2D eigenvalue weighted by Crippen LogP contribution is 2.31. The summed E-state index contributed by atoms with van der Waals surface area (Å²) < 4.78 is 59.5. The number of carbonyl (C=O) groups is 1. The van der Waals surface area contributed by atoms with Crippen molar-refractivity contribution in [2.45, 2.75) is 23.2 Å². The van der Waals surface area contributed by atoms with Gasteiger partial charge in [0.1, 0.15) is 5.78 Å². The van der Waals surface area contributed by atoms with Gasteiger partial charge in [0.15, 0.2) is 0 Å². The van der Waals surface area contributed by atoms with Gasteiger partial charge in [0, 0.05) is 31.6 Å². The molecule has 0 aromatic heterocycles. The summed E-state index contributed by atoms with van der Waals surface area (Å²) in [5, 5.41) is 0. The topological polar surface area (TPSA) is 54.5 Å². The van der Waals surface area contributed by atoms with Crippen molar-refractivity contribution in [3.8, 4) is 0 Å². The van der Waals surface area contributed by atoms with E-state index in [9.17, 15) is 26.4 Å². The molecule has 0 bridgehead atoms. The number of benzene rings is 1. The van der Waals surface area contributed by atoms with Gasteiger partial charge in [-0.25, -0.2) is 8.42 Å². The molecule has 0 atom stereocenters. The summed E-state index contributed by atoms with van der Waals surface area (Å²) in [5.74, 6) is 0.150. The largest absolute Gasteiger partial charge is 0.501 e. The van der Waals surface area contributed by atoms with Crippen molar-refractivity contribution >= 4 is 21.3 Å². The maximum atomic E-state index is 12.4. The van der Waals surface area contributed by atoms with Crippen molar-refractivity contribution < 1.29 is 26.4 Å². The fourth-order valence-corrected chi connectivity index (χ4v) is 2.75. The van der Waals surface area contributed by atoms with Crippen LogP contribution in [0.2, 0.25) is 0 Å². The second-order valence-corrected chi connectivity index (χ2v) is 6.41. The molecule has 0 aliphatic carbocycles. The number of rotatable bonds is 2. The van der Waals surface area contributed by atoms with Crippen molar-refractivity contribution in [1.82, 2.24) is 0 Å². The number of anilines is 1. The molecule has 1 aliphatic heterocycles. The van der Waals surface area contributed by atoms with Crippen LogP contribution in [0, 0.1) is 0 Å². The van der Waals surface area contributed by atoms with Gasteiger partial charge in [-0.1, -0.05) is 0 Å². The first-order valence-corrected chi connectivity index (χ1v) is 7.38. The molecule has 1 saturated heterocycles. The molecule has 1 heterocycles. The molecule has 4 nitrogen and oxygen atoms in total. The van der Waals surface area contributed by atoms with Crippen LogP contribution in [0.3, 0.4) is 0 Å². The number of sulfone groups is 1. The molecule has 0 N–H and O–H groups in total. The van der Waals surface area contributed by atoms with E-state index in [0.29, 0.717) is 31.6 Å². The van der Waals surface area contributed by atoms with E-state index < -0.39 is 20.2 Å². The van der Waals surface area contributed by atoms with Gasteiger partial charge in [0.05, 0.1) is 4.90 Å². The van der Waals surface area contributed by atoms with Crippen molar-refractivity contribution in [3.05, 3.63) is 24.3 Å². The van der Waals surface area contributed by atoms with Crippen LogP contribution in [0.1, 0.15) is 12.8 Å². The molecule has 110 valence electrons.